The molecule has 96 valence electrons. The minimum Gasteiger partial charge on any atom is -0.319 e. The zero-order chi connectivity index (χ0) is 12.6. The van der Waals surface area contributed by atoms with Gasteiger partial charge in [0.05, 0.1) is 5.54 Å². The maximum absolute atomic E-state index is 12.7. The summed E-state index contributed by atoms with van der Waals surface area (Å²) in [7, 11) is 0. The van der Waals surface area contributed by atoms with Crippen molar-refractivity contribution in [3.05, 3.63) is 35.4 Å². The van der Waals surface area contributed by atoms with Gasteiger partial charge in [-0.1, -0.05) is 43.5 Å². The van der Waals surface area contributed by atoms with Crippen molar-refractivity contribution in [2.75, 3.05) is 0 Å². The highest BCUT2D eigenvalue weighted by atomic mass is 16.1. The second-order valence-electron chi connectivity index (χ2n) is 5.91. The first-order chi connectivity index (χ1) is 8.71. The maximum Gasteiger partial charge on any atom is 0.182 e. The lowest BCUT2D eigenvalue weighted by Gasteiger charge is -2.30. The summed E-state index contributed by atoms with van der Waals surface area (Å²) in [5.41, 5.74) is 7.87. The molecule has 0 saturated heterocycles. The van der Waals surface area contributed by atoms with Crippen LogP contribution in [-0.4, -0.2) is 11.3 Å². The molecule has 2 aliphatic rings. The van der Waals surface area contributed by atoms with Gasteiger partial charge in [0.2, 0.25) is 0 Å². The van der Waals surface area contributed by atoms with E-state index in [1.165, 1.54) is 24.8 Å². The fourth-order valence-electron chi connectivity index (χ4n) is 3.28. The Morgan fingerprint density at radius 2 is 1.78 bits per heavy atom. The Morgan fingerprint density at radius 1 is 1.11 bits per heavy atom. The van der Waals surface area contributed by atoms with Gasteiger partial charge < -0.3 is 5.73 Å². The molecule has 2 aliphatic carbocycles. The Kier molecular flexibility index (Phi) is 2.98. The maximum atomic E-state index is 12.7. The first kappa shape index (κ1) is 11.9. The number of nitrogens with two attached hydrogens (primary N) is 1. The number of carbonyl (C=O) groups excluding carboxylic acids is 1. The molecule has 0 unspecified atom stereocenters. The summed E-state index contributed by atoms with van der Waals surface area (Å²) in [5, 5.41) is 0. The Labute approximate surface area is 109 Å². The highest BCUT2D eigenvalue weighted by Gasteiger charge is 2.39. The van der Waals surface area contributed by atoms with Crippen molar-refractivity contribution < 1.29 is 4.79 Å². The van der Waals surface area contributed by atoms with Gasteiger partial charge in [-0.2, -0.15) is 0 Å². The molecule has 0 aliphatic heterocycles. The topological polar surface area (TPSA) is 43.1 Å². The molecule has 0 bridgehead atoms. The molecule has 0 radical (unpaired) electrons. The quantitative estimate of drug-likeness (QED) is 0.827. The van der Waals surface area contributed by atoms with Crippen LogP contribution < -0.4 is 5.73 Å². The molecule has 0 atom stereocenters. The number of hydrogen-bond acceptors (Lipinski definition) is 2. The van der Waals surface area contributed by atoms with E-state index in [1.54, 1.807) is 0 Å². The smallest absolute Gasteiger partial charge is 0.182 e. The second kappa shape index (κ2) is 4.51. The Morgan fingerprint density at radius 3 is 2.39 bits per heavy atom. The molecule has 2 fully saturated rings. The zero-order valence-electron chi connectivity index (χ0n) is 10.8. The van der Waals surface area contributed by atoms with Crippen molar-refractivity contribution in [1.29, 1.82) is 0 Å². The minimum atomic E-state index is -0.583. The van der Waals surface area contributed by atoms with Crippen LogP contribution in [-0.2, 0) is 0 Å². The Hall–Kier alpha value is -1.15. The number of benzene rings is 1. The van der Waals surface area contributed by atoms with Gasteiger partial charge in [-0.25, -0.2) is 0 Å². The summed E-state index contributed by atoms with van der Waals surface area (Å²) in [6.45, 7) is 0. The van der Waals surface area contributed by atoms with E-state index in [1.807, 2.05) is 18.2 Å². The van der Waals surface area contributed by atoms with Gasteiger partial charge >= 0.3 is 0 Å². The van der Waals surface area contributed by atoms with Crippen LogP contribution in [0.1, 0.15) is 66.8 Å². The van der Waals surface area contributed by atoms with Crippen LogP contribution in [0.2, 0.25) is 0 Å². The predicted octanol–water partition coefficient (Wildman–Crippen LogP) is 3.41. The molecule has 0 heterocycles. The molecule has 3 rings (SSSR count). The zero-order valence-corrected chi connectivity index (χ0v) is 10.8. The average Bonchev–Trinajstić information content (AvgIpc) is 2.75. The Balaban J connectivity index is 1.93. The number of Topliss-reactive ketones (excluding diaryl/α,β-unsaturated/α-hetero) is 1. The van der Waals surface area contributed by atoms with E-state index in [4.69, 9.17) is 5.73 Å². The highest BCUT2D eigenvalue weighted by Crippen LogP contribution is 2.40. The fourth-order valence-corrected chi connectivity index (χ4v) is 3.28. The van der Waals surface area contributed by atoms with Gasteiger partial charge in [-0.05, 0) is 37.2 Å². The van der Waals surface area contributed by atoms with Crippen molar-refractivity contribution in [3.63, 3.8) is 0 Å². The van der Waals surface area contributed by atoms with Gasteiger partial charge in [0.1, 0.15) is 0 Å². The van der Waals surface area contributed by atoms with Crippen molar-refractivity contribution in [1.82, 2.24) is 0 Å². The van der Waals surface area contributed by atoms with Crippen LogP contribution in [0.25, 0.3) is 0 Å². The van der Waals surface area contributed by atoms with E-state index in [0.717, 1.165) is 31.2 Å². The van der Waals surface area contributed by atoms with Crippen LogP contribution in [0.4, 0.5) is 0 Å². The third-order valence-electron chi connectivity index (χ3n) is 4.70. The van der Waals surface area contributed by atoms with Gasteiger partial charge in [0, 0.05) is 5.56 Å². The molecule has 0 amide bonds. The molecular weight excluding hydrogens is 222 g/mol. The summed E-state index contributed by atoms with van der Waals surface area (Å²) in [4.78, 5) is 12.7. The first-order valence-electron chi connectivity index (χ1n) is 7.13. The number of hydrogen-bond donors (Lipinski definition) is 1. The fraction of sp³-hybridized carbons (Fsp3) is 0.562. The SMILES string of the molecule is NC1(C(=O)c2ccccc2C2CCC2)CCCC1. The molecule has 2 saturated carbocycles. The lowest BCUT2D eigenvalue weighted by Crippen LogP contribution is -2.45. The van der Waals surface area contributed by atoms with E-state index in [-0.39, 0.29) is 5.78 Å². The summed E-state index contributed by atoms with van der Waals surface area (Å²) in [6.07, 6.45) is 7.63. The molecule has 18 heavy (non-hydrogen) atoms. The van der Waals surface area contributed by atoms with Crippen LogP contribution in [0.5, 0.6) is 0 Å². The first-order valence-corrected chi connectivity index (χ1v) is 7.13. The monoisotopic (exact) mass is 243 g/mol. The van der Waals surface area contributed by atoms with Gasteiger partial charge in [-0.15, -0.1) is 0 Å². The molecule has 2 heteroatoms. The van der Waals surface area contributed by atoms with Crippen LogP contribution >= 0.6 is 0 Å². The van der Waals surface area contributed by atoms with Gasteiger partial charge in [0.25, 0.3) is 0 Å². The standard InChI is InChI=1S/C16H21NO/c17-16(10-3-4-11-16)15(18)14-9-2-1-8-13(14)12-6-5-7-12/h1-2,8-9,12H,3-7,10-11,17H2. The molecule has 0 spiro atoms. The molecule has 0 aromatic heterocycles. The van der Waals surface area contributed by atoms with Crippen molar-refractivity contribution in [2.45, 2.75) is 56.4 Å². The molecule has 1 aromatic rings. The number of rotatable bonds is 3. The van der Waals surface area contributed by atoms with Crippen molar-refractivity contribution >= 4 is 5.78 Å². The summed E-state index contributed by atoms with van der Waals surface area (Å²) < 4.78 is 0. The van der Waals surface area contributed by atoms with Crippen LogP contribution in [0, 0.1) is 0 Å². The normalized spacial score (nSPS) is 22.7. The summed E-state index contributed by atoms with van der Waals surface area (Å²) in [5.74, 6) is 0.776. The molecule has 2 N–H and O–H groups in total. The predicted molar refractivity (Wildman–Crippen MR) is 72.8 cm³/mol. The molecule has 1 aromatic carbocycles. The lowest BCUT2D eigenvalue weighted by atomic mass is 9.75. The summed E-state index contributed by atoms with van der Waals surface area (Å²) >= 11 is 0. The van der Waals surface area contributed by atoms with Gasteiger partial charge in [-0.3, -0.25) is 4.79 Å². The van der Waals surface area contributed by atoms with Crippen LogP contribution in [0.3, 0.4) is 0 Å². The van der Waals surface area contributed by atoms with E-state index in [2.05, 4.69) is 6.07 Å². The van der Waals surface area contributed by atoms with E-state index in [0.29, 0.717) is 5.92 Å². The Bertz CT molecular complexity index is 456. The van der Waals surface area contributed by atoms with E-state index >= 15 is 0 Å². The molecular formula is C16H21NO. The molecule has 2 nitrogen and oxygen atoms in total. The lowest BCUT2D eigenvalue weighted by molar-refractivity contribution is 0.0890. The third-order valence-corrected chi connectivity index (χ3v) is 4.70. The largest absolute Gasteiger partial charge is 0.319 e. The van der Waals surface area contributed by atoms with Crippen molar-refractivity contribution in [2.24, 2.45) is 5.73 Å². The van der Waals surface area contributed by atoms with E-state index in [9.17, 15) is 4.79 Å². The highest BCUT2D eigenvalue weighted by molar-refractivity contribution is 6.04. The van der Waals surface area contributed by atoms with Gasteiger partial charge in [0.15, 0.2) is 5.78 Å². The second-order valence-corrected chi connectivity index (χ2v) is 5.91. The van der Waals surface area contributed by atoms with Crippen molar-refractivity contribution in [3.8, 4) is 0 Å². The summed E-state index contributed by atoms with van der Waals surface area (Å²) in [6, 6.07) is 8.11. The minimum absolute atomic E-state index is 0.183. The number of carbonyl (C=O) groups is 1. The van der Waals surface area contributed by atoms with Crippen LogP contribution in [0.15, 0.2) is 24.3 Å². The van der Waals surface area contributed by atoms with E-state index < -0.39 is 5.54 Å². The average molecular weight is 243 g/mol. The number of ketones is 1. The third kappa shape index (κ3) is 1.89.